The van der Waals surface area contributed by atoms with Crippen LogP contribution in [0.1, 0.15) is 31.2 Å². The van der Waals surface area contributed by atoms with Gasteiger partial charge in [-0.1, -0.05) is 11.6 Å². The molecular weight excluding hydrogens is 469 g/mol. The first kappa shape index (κ1) is 24.6. The molecule has 32 heavy (non-hydrogen) atoms. The molecule has 2 amide bonds. The van der Waals surface area contributed by atoms with Crippen LogP contribution < -0.4 is 15.4 Å². The van der Waals surface area contributed by atoms with Gasteiger partial charge in [0, 0.05) is 19.2 Å². The van der Waals surface area contributed by atoms with Gasteiger partial charge in [0.25, 0.3) is 0 Å². The first-order valence-corrected chi connectivity index (χ1v) is 11.3. The normalized spacial score (nSPS) is 15.0. The molecule has 12 heteroatoms. The third kappa shape index (κ3) is 6.96. The molecule has 0 radical (unpaired) electrons. The molecule has 2 aromatic rings. The molecule has 0 aliphatic carbocycles. The molecule has 1 aliphatic heterocycles. The highest BCUT2D eigenvalue weighted by molar-refractivity contribution is 7.10. The van der Waals surface area contributed by atoms with Crippen LogP contribution in [-0.2, 0) is 6.61 Å². The molecule has 0 bridgehead atoms. The summed E-state index contributed by atoms with van der Waals surface area (Å²) < 4.78 is 50.2. The van der Waals surface area contributed by atoms with Gasteiger partial charge in [-0.05, 0) is 56.4 Å². The lowest BCUT2D eigenvalue weighted by Crippen LogP contribution is -2.32. The maximum absolute atomic E-state index is 13.8. The van der Waals surface area contributed by atoms with Gasteiger partial charge < -0.3 is 20.1 Å². The molecule has 2 heterocycles. The van der Waals surface area contributed by atoms with E-state index >= 15 is 0 Å². The third-order valence-electron chi connectivity index (χ3n) is 5.04. The van der Waals surface area contributed by atoms with Crippen molar-refractivity contribution >= 4 is 34.2 Å². The van der Waals surface area contributed by atoms with Crippen LogP contribution in [0.3, 0.4) is 0 Å². The van der Waals surface area contributed by atoms with E-state index in [1.165, 1.54) is 18.9 Å². The van der Waals surface area contributed by atoms with E-state index in [4.69, 9.17) is 16.3 Å². The van der Waals surface area contributed by atoms with E-state index in [2.05, 4.69) is 19.9 Å². The number of aliphatic hydroxyl groups is 1. The zero-order valence-corrected chi connectivity index (χ0v) is 18.7. The number of anilines is 1. The summed E-state index contributed by atoms with van der Waals surface area (Å²) in [5, 5.41) is 14.9. The van der Waals surface area contributed by atoms with Crippen molar-refractivity contribution in [1.29, 1.82) is 0 Å². The van der Waals surface area contributed by atoms with Gasteiger partial charge in [0.05, 0.1) is 16.7 Å². The molecular formula is C20H24ClF3N4O3S. The summed E-state index contributed by atoms with van der Waals surface area (Å²) in [6, 6.07) is 1.56. The van der Waals surface area contributed by atoms with E-state index in [0.717, 1.165) is 31.2 Å². The SMILES string of the molecule is O=C(NCCC(O)CCN1CCCC1)Nc1cc(OCc2c(F)cc(Cl)c(F)c2F)ns1. The maximum Gasteiger partial charge on any atom is 0.319 e. The first-order valence-electron chi connectivity index (χ1n) is 10.2. The zero-order valence-electron chi connectivity index (χ0n) is 17.2. The summed E-state index contributed by atoms with van der Waals surface area (Å²) in [4.78, 5) is 14.3. The predicted octanol–water partition coefficient (Wildman–Crippen LogP) is 4.15. The van der Waals surface area contributed by atoms with Crippen LogP contribution in [0.15, 0.2) is 12.1 Å². The minimum absolute atomic E-state index is 0.0109. The van der Waals surface area contributed by atoms with Gasteiger partial charge in [0.2, 0.25) is 5.88 Å². The number of hydrogen-bond donors (Lipinski definition) is 3. The monoisotopic (exact) mass is 492 g/mol. The van der Waals surface area contributed by atoms with Crippen molar-refractivity contribution in [2.45, 2.75) is 38.4 Å². The number of benzene rings is 1. The van der Waals surface area contributed by atoms with Crippen LogP contribution in [0, 0.1) is 17.5 Å². The summed E-state index contributed by atoms with van der Waals surface area (Å²) in [7, 11) is 0. The Morgan fingerprint density at radius 3 is 2.75 bits per heavy atom. The Balaban J connectivity index is 1.38. The number of halogens is 4. The van der Waals surface area contributed by atoms with Crippen molar-refractivity contribution in [3.63, 3.8) is 0 Å². The fraction of sp³-hybridized carbons (Fsp3) is 0.500. The third-order valence-corrected chi connectivity index (χ3v) is 6.00. The number of rotatable bonds is 10. The van der Waals surface area contributed by atoms with E-state index in [0.29, 0.717) is 30.5 Å². The van der Waals surface area contributed by atoms with Crippen LogP contribution in [0.2, 0.25) is 5.02 Å². The van der Waals surface area contributed by atoms with Crippen LogP contribution >= 0.6 is 23.1 Å². The standard InChI is InChI=1S/C20H24ClF3N4O3S/c21-14-9-15(22)13(18(23)19(14)24)11-31-16-10-17(32-27-16)26-20(30)25-5-3-12(29)4-8-28-6-1-2-7-28/h9-10,12,29H,1-8,11H2,(H2,25,26,30). The number of aromatic nitrogens is 1. The lowest BCUT2D eigenvalue weighted by molar-refractivity contribution is 0.138. The molecule has 1 aromatic heterocycles. The highest BCUT2D eigenvalue weighted by atomic mass is 35.5. The van der Waals surface area contributed by atoms with E-state index in [1.54, 1.807) is 0 Å². The molecule has 1 aromatic carbocycles. The number of urea groups is 1. The number of amides is 2. The Labute approximate surface area is 192 Å². The van der Waals surface area contributed by atoms with Crippen LogP contribution in [0.5, 0.6) is 5.88 Å². The number of aliphatic hydroxyl groups excluding tert-OH is 1. The average Bonchev–Trinajstić information content (AvgIpc) is 3.42. The van der Waals surface area contributed by atoms with Crippen molar-refractivity contribution in [3.8, 4) is 5.88 Å². The largest absolute Gasteiger partial charge is 0.472 e. The second-order valence-electron chi connectivity index (χ2n) is 7.43. The first-order chi connectivity index (χ1) is 15.3. The summed E-state index contributed by atoms with van der Waals surface area (Å²) in [5.41, 5.74) is -0.615. The van der Waals surface area contributed by atoms with Gasteiger partial charge in [0.15, 0.2) is 11.6 Å². The van der Waals surface area contributed by atoms with E-state index in [-0.39, 0.29) is 5.88 Å². The summed E-state index contributed by atoms with van der Waals surface area (Å²) in [6.45, 7) is 2.71. The fourth-order valence-electron chi connectivity index (χ4n) is 3.26. The fourth-order valence-corrected chi connectivity index (χ4v) is 4.02. The second kappa shape index (κ2) is 11.7. The number of nitrogens with one attached hydrogen (secondary N) is 2. The Kier molecular flexibility index (Phi) is 8.97. The number of likely N-dealkylation sites (tertiary alicyclic amines) is 1. The summed E-state index contributed by atoms with van der Waals surface area (Å²) in [5.74, 6) is -3.81. The predicted molar refractivity (Wildman–Crippen MR) is 116 cm³/mol. The van der Waals surface area contributed by atoms with Crippen molar-refractivity contribution in [2.75, 3.05) is 31.5 Å². The molecule has 0 spiro atoms. The summed E-state index contributed by atoms with van der Waals surface area (Å²) in [6.07, 6.45) is 3.02. The van der Waals surface area contributed by atoms with Gasteiger partial charge in [0.1, 0.15) is 17.4 Å². The molecule has 1 fully saturated rings. The van der Waals surface area contributed by atoms with Gasteiger partial charge in [-0.3, -0.25) is 5.32 Å². The number of hydrogen-bond acceptors (Lipinski definition) is 6. The summed E-state index contributed by atoms with van der Waals surface area (Å²) >= 11 is 6.29. The number of carbonyl (C=O) groups excluding carboxylic acids is 1. The van der Waals surface area contributed by atoms with Crippen LogP contribution in [0.4, 0.5) is 23.0 Å². The second-order valence-corrected chi connectivity index (χ2v) is 8.64. The van der Waals surface area contributed by atoms with Gasteiger partial charge in [-0.15, -0.1) is 0 Å². The highest BCUT2D eigenvalue weighted by Gasteiger charge is 2.19. The van der Waals surface area contributed by atoms with E-state index in [1.807, 2.05) is 0 Å². The van der Waals surface area contributed by atoms with Crippen molar-refractivity contribution in [3.05, 3.63) is 40.2 Å². The molecule has 176 valence electrons. The van der Waals surface area contributed by atoms with Crippen molar-refractivity contribution < 1.29 is 27.8 Å². The number of carbonyl (C=O) groups is 1. The van der Waals surface area contributed by atoms with Gasteiger partial charge >= 0.3 is 6.03 Å². The Bertz CT molecular complexity index is 928. The molecule has 7 nitrogen and oxygen atoms in total. The molecule has 1 atom stereocenters. The molecule has 3 N–H and O–H groups in total. The molecule has 0 saturated carbocycles. The van der Waals surface area contributed by atoms with Gasteiger partial charge in [-0.25, -0.2) is 18.0 Å². The molecule has 1 saturated heterocycles. The Morgan fingerprint density at radius 2 is 2.00 bits per heavy atom. The Morgan fingerprint density at radius 1 is 1.25 bits per heavy atom. The lowest BCUT2D eigenvalue weighted by atomic mass is 10.2. The minimum Gasteiger partial charge on any atom is -0.472 e. The van der Waals surface area contributed by atoms with Crippen molar-refractivity contribution in [1.82, 2.24) is 14.6 Å². The Hall–Kier alpha value is -2.08. The van der Waals surface area contributed by atoms with E-state index < -0.39 is 46.8 Å². The lowest BCUT2D eigenvalue weighted by Gasteiger charge is -2.17. The van der Waals surface area contributed by atoms with Crippen molar-refractivity contribution in [2.24, 2.45) is 0 Å². The molecule has 3 rings (SSSR count). The van der Waals surface area contributed by atoms with Crippen LogP contribution in [-0.4, -0.2) is 52.7 Å². The average molecular weight is 493 g/mol. The minimum atomic E-state index is -1.43. The topological polar surface area (TPSA) is 86.7 Å². The molecule has 1 unspecified atom stereocenters. The van der Waals surface area contributed by atoms with E-state index in [9.17, 15) is 23.1 Å². The number of nitrogens with zero attached hydrogens (tertiary/aromatic N) is 2. The quantitative estimate of drug-likeness (QED) is 0.342. The highest BCUT2D eigenvalue weighted by Crippen LogP contribution is 2.26. The van der Waals surface area contributed by atoms with Crippen LogP contribution in [0.25, 0.3) is 0 Å². The maximum atomic E-state index is 13.8. The molecule has 1 aliphatic rings. The number of ether oxygens (including phenoxy) is 1. The smallest absolute Gasteiger partial charge is 0.319 e. The van der Waals surface area contributed by atoms with Gasteiger partial charge in [-0.2, -0.15) is 4.37 Å². The zero-order chi connectivity index (χ0) is 23.1.